The van der Waals surface area contributed by atoms with E-state index < -0.39 is 8.56 Å². The second-order valence-electron chi connectivity index (χ2n) is 8.03. The molecule has 0 aromatic heterocycles. The van der Waals surface area contributed by atoms with Gasteiger partial charge in [-0.15, -0.1) is 0 Å². The van der Waals surface area contributed by atoms with E-state index >= 15 is 0 Å². The highest BCUT2D eigenvalue weighted by atomic mass is 28.4. The fourth-order valence-electron chi connectivity index (χ4n) is 3.47. The third-order valence-electron chi connectivity index (χ3n) is 4.23. The molecule has 0 aliphatic carbocycles. The Labute approximate surface area is 121 Å². The smallest absolute Gasteiger partial charge is 0.349 e. The van der Waals surface area contributed by atoms with Crippen LogP contribution >= 0.6 is 0 Å². The van der Waals surface area contributed by atoms with Crippen LogP contribution in [0.5, 0.6) is 0 Å². The van der Waals surface area contributed by atoms with Crippen LogP contribution in [0.4, 0.5) is 0 Å². The van der Waals surface area contributed by atoms with Crippen molar-refractivity contribution in [3.8, 4) is 0 Å². The van der Waals surface area contributed by atoms with Crippen molar-refractivity contribution in [1.82, 2.24) is 0 Å². The molecule has 2 unspecified atom stereocenters. The molecule has 0 aromatic rings. The molecular formula is C16H34O2Si. The summed E-state index contributed by atoms with van der Waals surface area (Å²) in [6.45, 7) is 18.3. The number of hydrogen-bond acceptors (Lipinski definition) is 2. The zero-order valence-electron chi connectivity index (χ0n) is 14.3. The largest absolute Gasteiger partial charge is 0.390 e. The minimum absolute atomic E-state index is 0.102. The Morgan fingerprint density at radius 2 is 1.37 bits per heavy atom. The lowest BCUT2D eigenvalue weighted by Crippen LogP contribution is -2.63. The standard InChI is InChI=1S/C16H34O2Si/c1-9-11-14-12-13(10-2)17-19(18-14,15(3,4)5)16(6,7)8/h13-14H,9-12H2,1-8H3. The Morgan fingerprint density at radius 1 is 0.895 bits per heavy atom. The lowest BCUT2D eigenvalue weighted by atomic mass is 10.1. The molecular weight excluding hydrogens is 252 g/mol. The molecule has 0 saturated carbocycles. The summed E-state index contributed by atoms with van der Waals surface area (Å²) in [5.41, 5.74) is 0. The molecule has 0 N–H and O–H groups in total. The summed E-state index contributed by atoms with van der Waals surface area (Å²) in [7, 11) is -2.27. The maximum absolute atomic E-state index is 6.69. The molecule has 0 aromatic carbocycles. The van der Waals surface area contributed by atoms with E-state index in [0.29, 0.717) is 12.2 Å². The first-order valence-electron chi connectivity index (χ1n) is 7.93. The first kappa shape index (κ1) is 17.2. The van der Waals surface area contributed by atoms with Gasteiger partial charge in [0.05, 0.1) is 0 Å². The molecule has 19 heavy (non-hydrogen) atoms. The van der Waals surface area contributed by atoms with E-state index in [4.69, 9.17) is 8.85 Å². The summed E-state index contributed by atoms with van der Waals surface area (Å²) in [6.07, 6.45) is 5.32. The van der Waals surface area contributed by atoms with E-state index in [2.05, 4.69) is 55.4 Å². The van der Waals surface area contributed by atoms with E-state index in [0.717, 1.165) is 12.8 Å². The predicted octanol–water partition coefficient (Wildman–Crippen LogP) is 5.41. The summed E-state index contributed by atoms with van der Waals surface area (Å²) in [6, 6.07) is 0. The maximum Gasteiger partial charge on any atom is 0.349 e. The third-order valence-corrected chi connectivity index (χ3v) is 9.51. The lowest BCUT2D eigenvalue weighted by Gasteiger charge is -2.55. The van der Waals surface area contributed by atoms with Gasteiger partial charge in [-0.3, -0.25) is 0 Å². The molecule has 2 atom stereocenters. The second kappa shape index (κ2) is 5.86. The second-order valence-corrected chi connectivity index (χ2v) is 12.7. The van der Waals surface area contributed by atoms with Crippen molar-refractivity contribution < 1.29 is 8.85 Å². The molecule has 1 aliphatic rings. The van der Waals surface area contributed by atoms with Crippen LogP contribution in [-0.4, -0.2) is 20.8 Å². The summed E-state index contributed by atoms with van der Waals surface area (Å²) < 4.78 is 13.3. The van der Waals surface area contributed by atoms with Gasteiger partial charge in [-0.1, -0.05) is 61.8 Å². The maximum atomic E-state index is 6.69. The summed E-state index contributed by atoms with van der Waals surface area (Å²) in [5.74, 6) is 0. The van der Waals surface area contributed by atoms with Crippen molar-refractivity contribution in [2.45, 2.75) is 103 Å². The SMILES string of the molecule is CCCC1CC(CC)O[Si](C(C)(C)C)(C(C)(C)C)O1. The zero-order chi connectivity index (χ0) is 14.9. The van der Waals surface area contributed by atoms with Crippen LogP contribution in [0.3, 0.4) is 0 Å². The first-order valence-corrected chi connectivity index (χ1v) is 9.74. The van der Waals surface area contributed by atoms with Crippen LogP contribution < -0.4 is 0 Å². The zero-order valence-corrected chi connectivity index (χ0v) is 15.3. The quantitative estimate of drug-likeness (QED) is 0.646. The number of rotatable bonds is 3. The van der Waals surface area contributed by atoms with E-state index in [1.807, 2.05) is 0 Å². The molecule has 0 radical (unpaired) electrons. The van der Waals surface area contributed by atoms with E-state index in [1.54, 1.807) is 0 Å². The average Bonchev–Trinajstić information content (AvgIpc) is 2.26. The van der Waals surface area contributed by atoms with Gasteiger partial charge in [-0.05, 0) is 19.3 Å². The first-order chi connectivity index (χ1) is 8.57. The Kier molecular flexibility index (Phi) is 5.31. The molecule has 0 spiro atoms. The van der Waals surface area contributed by atoms with E-state index in [-0.39, 0.29) is 10.1 Å². The summed E-state index contributed by atoms with van der Waals surface area (Å²) >= 11 is 0. The Hall–Kier alpha value is 0.137. The molecule has 1 rings (SSSR count). The Bertz CT molecular complexity index is 274. The van der Waals surface area contributed by atoms with Crippen molar-refractivity contribution in [1.29, 1.82) is 0 Å². The van der Waals surface area contributed by atoms with Gasteiger partial charge in [0.1, 0.15) is 0 Å². The van der Waals surface area contributed by atoms with Gasteiger partial charge >= 0.3 is 8.56 Å². The van der Waals surface area contributed by atoms with Gasteiger partial charge in [0.25, 0.3) is 0 Å². The van der Waals surface area contributed by atoms with Crippen LogP contribution in [0.25, 0.3) is 0 Å². The molecule has 1 aliphatic heterocycles. The normalized spacial score (nSPS) is 28.4. The van der Waals surface area contributed by atoms with Crippen LogP contribution in [0, 0.1) is 0 Å². The van der Waals surface area contributed by atoms with Crippen LogP contribution in [0.1, 0.15) is 81.1 Å². The Balaban J connectivity index is 3.14. The lowest BCUT2D eigenvalue weighted by molar-refractivity contribution is -0.0285. The molecule has 114 valence electrons. The van der Waals surface area contributed by atoms with Crippen molar-refractivity contribution in [2.24, 2.45) is 0 Å². The van der Waals surface area contributed by atoms with Crippen LogP contribution in [-0.2, 0) is 8.85 Å². The number of hydrogen-bond donors (Lipinski definition) is 0. The third kappa shape index (κ3) is 3.42. The topological polar surface area (TPSA) is 18.5 Å². The Morgan fingerprint density at radius 3 is 1.74 bits per heavy atom. The van der Waals surface area contributed by atoms with Gasteiger partial charge < -0.3 is 8.85 Å². The van der Waals surface area contributed by atoms with E-state index in [1.165, 1.54) is 12.8 Å². The van der Waals surface area contributed by atoms with Crippen molar-refractivity contribution in [3.63, 3.8) is 0 Å². The highest BCUT2D eigenvalue weighted by Gasteiger charge is 2.61. The van der Waals surface area contributed by atoms with Gasteiger partial charge in [-0.2, -0.15) is 0 Å². The molecule has 2 nitrogen and oxygen atoms in total. The minimum Gasteiger partial charge on any atom is -0.390 e. The molecule has 0 amide bonds. The van der Waals surface area contributed by atoms with Crippen molar-refractivity contribution >= 4 is 8.56 Å². The molecule has 0 bridgehead atoms. The highest BCUT2D eigenvalue weighted by Crippen LogP contribution is 2.55. The predicted molar refractivity (Wildman–Crippen MR) is 84.7 cm³/mol. The molecule has 1 saturated heterocycles. The molecule has 1 heterocycles. The molecule has 3 heteroatoms. The minimum atomic E-state index is -2.27. The van der Waals surface area contributed by atoms with Crippen molar-refractivity contribution in [2.75, 3.05) is 0 Å². The van der Waals surface area contributed by atoms with Crippen molar-refractivity contribution in [3.05, 3.63) is 0 Å². The highest BCUT2D eigenvalue weighted by molar-refractivity contribution is 6.73. The van der Waals surface area contributed by atoms with Gasteiger partial charge in [0, 0.05) is 22.3 Å². The van der Waals surface area contributed by atoms with Gasteiger partial charge in [0.2, 0.25) is 0 Å². The average molecular weight is 287 g/mol. The van der Waals surface area contributed by atoms with Gasteiger partial charge in [0.15, 0.2) is 0 Å². The monoisotopic (exact) mass is 286 g/mol. The summed E-state index contributed by atoms with van der Waals surface area (Å²) in [4.78, 5) is 0. The van der Waals surface area contributed by atoms with Crippen LogP contribution in [0.15, 0.2) is 0 Å². The molecule has 1 fully saturated rings. The van der Waals surface area contributed by atoms with Crippen LogP contribution in [0.2, 0.25) is 10.1 Å². The fraction of sp³-hybridized carbons (Fsp3) is 1.00. The van der Waals surface area contributed by atoms with E-state index in [9.17, 15) is 0 Å². The van der Waals surface area contributed by atoms with Gasteiger partial charge in [-0.25, -0.2) is 0 Å². The summed E-state index contributed by atoms with van der Waals surface area (Å²) in [5, 5.41) is 0.205. The fourth-order valence-corrected chi connectivity index (χ4v) is 8.60.